The fourth-order valence-electron chi connectivity index (χ4n) is 1.44. The second kappa shape index (κ2) is 6.35. The van der Waals surface area contributed by atoms with Gasteiger partial charge in [0.2, 0.25) is 0 Å². The molecule has 16 heavy (non-hydrogen) atoms. The molecule has 0 bridgehead atoms. The van der Waals surface area contributed by atoms with Crippen LogP contribution in [0, 0.1) is 0 Å². The molecular formula is C12H19NO3. The molecule has 0 radical (unpaired) electrons. The van der Waals surface area contributed by atoms with Gasteiger partial charge in [-0.05, 0) is 31.5 Å². The van der Waals surface area contributed by atoms with Gasteiger partial charge in [0.25, 0.3) is 0 Å². The molecule has 1 rings (SSSR count). The van der Waals surface area contributed by atoms with E-state index in [2.05, 4.69) is 5.32 Å². The van der Waals surface area contributed by atoms with Crippen LogP contribution < -0.4 is 5.32 Å². The van der Waals surface area contributed by atoms with E-state index in [0.717, 1.165) is 12.1 Å². The maximum Gasteiger partial charge on any atom is 0.157 e. The first-order valence-corrected chi connectivity index (χ1v) is 5.46. The molecular weight excluding hydrogens is 206 g/mol. The molecule has 0 aliphatic heterocycles. The lowest BCUT2D eigenvalue weighted by molar-refractivity contribution is 0.0759. The van der Waals surface area contributed by atoms with Crippen LogP contribution in [-0.2, 0) is 11.3 Å². The number of nitrogens with one attached hydrogen (secondary N) is 1. The van der Waals surface area contributed by atoms with Gasteiger partial charge in [-0.15, -0.1) is 0 Å². The van der Waals surface area contributed by atoms with Gasteiger partial charge in [-0.2, -0.15) is 0 Å². The SMILES string of the molecule is CCOC(C)CNCc1ccc(O)c(O)c1. The van der Waals surface area contributed by atoms with Gasteiger partial charge in [-0.1, -0.05) is 6.07 Å². The number of hydrogen-bond acceptors (Lipinski definition) is 4. The normalized spacial score (nSPS) is 12.6. The largest absolute Gasteiger partial charge is 0.504 e. The molecule has 0 heterocycles. The number of phenolic OH excluding ortho intramolecular Hbond substituents is 2. The van der Waals surface area contributed by atoms with Crippen molar-refractivity contribution in [3.63, 3.8) is 0 Å². The highest BCUT2D eigenvalue weighted by Crippen LogP contribution is 2.24. The lowest BCUT2D eigenvalue weighted by atomic mass is 10.2. The number of aromatic hydroxyl groups is 2. The highest BCUT2D eigenvalue weighted by atomic mass is 16.5. The van der Waals surface area contributed by atoms with Gasteiger partial charge < -0.3 is 20.3 Å². The summed E-state index contributed by atoms with van der Waals surface area (Å²) >= 11 is 0. The van der Waals surface area contributed by atoms with Crippen LogP contribution in [0.3, 0.4) is 0 Å². The molecule has 1 aromatic carbocycles. The van der Waals surface area contributed by atoms with E-state index in [4.69, 9.17) is 9.84 Å². The van der Waals surface area contributed by atoms with Crippen LogP contribution in [0.15, 0.2) is 18.2 Å². The van der Waals surface area contributed by atoms with E-state index in [1.54, 1.807) is 12.1 Å². The highest BCUT2D eigenvalue weighted by molar-refractivity contribution is 5.40. The Labute approximate surface area is 95.9 Å². The molecule has 0 saturated carbocycles. The molecule has 0 aromatic heterocycles. The molecule has 1 atom stereocenters. The number of rotatable bonds is 6. The van der Waals surface area contributed by atoms with E-state index in [0.29, 0.717) is 13.2 Å². The average Bonchev–Trinajstić information content (AvgIpc) is 2.24. The minimum Gasteiger partial charge on any atom is -0.504 e. The van der Waals surface area contributed by atoms with Crippen molar-refractivity contribution >= 4 is 0 Å². The van der Waals surface area contributed by atoms with E-state index in [9.17, 15) is 5.11 Å². The monoisotopic (exact) mass is 225 g/mol. The van der Waals surface area contributed by atoms with Crippen molar-refractivity contribution in [3.8, 4) is 11.5 Å². The Bertz CT molecular complexity index is 328. The molecule has 0 aliphatic rings. The van der Waals surface area contributed by atoms with Gasteiger partial charge in [0.1, 0.15) is 0 Å². The van der Waals surface area contributed by atoms with E-state index >= 15 is 0 Å². The zero-order valence-electron chi connectivity index (χ0n) is 9.73. The Morgan fingerprint density at radius 2 is 2.06 bits per heavy atom. The summed E-state index contributed by atoms with van der Waals surface area (Å²) in [4.78, 5) is 0. The van der Waals surface area contributed by atoms with Crippen LogP contribution in [0.2, 0.25) is 0 Å². The van der Waals surface area contributed by atoms with Crippen molar-refractivity contribution in [1.82, 2.24) is 5.32 Å². The van der Waals surface area contributed by atoms with E-state index in [-0.39, 0.29) is 17.6 Å². The van der Waals surface area contributed by atoms with Crippen molar-refractivity contribution in [2.75, 3.05) is 13.2 Å². The van der Waals surface area contributed by atoms with Gasteiger partial charge in [-0.3, -0.25) is 0 Å². The molecule has 90 valence electrons. The predicted molar refractivity (Wildman–Crippen MR) is 62.6 cm³/mol. The van der Waals surface area contributed by atoms with Crippen LogP contribution in [0.4, 0.5) is 0 Å². The van der Waals surface area contributed by atoms with Crippen molar-refractivity contribution in [2.24, 2.45) is 0 Å². The molecule has 1 aromatic rings. The zero-order valence-corrected chi connectivity index (χ0v) is 9.73. The second-order valence-corrected chi connectivity index (χ2v) is 3.72. The lowest BCUT2D eigenvalue weighted by Crippen LogP contribution is -2.26. The molecule has 1 unspecified atom stereocenters. The average molecular weight is 225 g/mol. The van der Waals surface area contributed by atoms with Gasteiger partial charge >= 0.3 is 0 Å². The molecule has 0 amide bonds. The smallest absolute Gasteiger partial charge is 0.157 e. The van der Waals surface area contributed by atoms with Crippen LogP contribution in [0.25, 0.3) is 0 Å². The third kappa shape index (κ3) is 4.08. The summed E-state index contributed by atoms with van der Waals surface area (Å²) in [6.07, 6.45) is 0.177. The Kier molecular flexibility index (Phi) is 5.08. The first-order valence-electron chi connectivity index (χ1n) is 5.46. The molecule has 0 spiro atoms. The Morgan fingerprint density at radius 1 is 1.31 bits per heavy atom. The summed E-state index contributed by atoms with van der Waals surface area (Å²) in [6.45, 7) is 6.09. The fraction of sp³-hybridized carbons (Fsp3) is 0.500. The van der Waals surface area contributed by atoms with Crippen LogP contribution in [0.1, 0.15) is 19.4 Å². The Hall–Kier alpha value is -1.26. The Balaban J connectivity index is 2.34. The standard InChI is InChI=1S/C12H19NO3/c1-3-16-9(2)7-13-8-10-4-5-11(14)12(15)6-10/h4-6,9,13-15H,3,7-8H2,1-2H3. The summed E-state index contributed by atoms with van der Waals surface area (Å²) < 4.78 is 5.37. The first-order chi connectivity index (χ1) is 7.63. The van der Waals surface area contributed by atoms with Crippen molar-refractivity contribution in [1.29, 1.82) is 0 Å². The third-order valence-electron chi connectivity index (χ3n) is 2.25. The molecule has 0 aliphatic carbocycles. The maximum atomic E-state index is 9.29. The number of benzene rings is 1. The molecule has 3 N–H and O–H groups in total. The minimum absolute atomic E-state index is 0.0860. The third-order valence-corrected chi connectivity index (χ3v) is 2.25. The lowest BCUT2D eigenvalue weighted by Gasteiger charge is -2.12. The van der Waals surface area contributed by atoms with Crippen molar-refractivity contribution in [3.05, 3.63) is 23.8 Å². The fourth-order valence-corrected chi connectivity index (χ4v) is 1.44. The van der Waals surface area contributed by atoms with Gasteiger partial charge in [0.05, 0.1) is 6.10 Å². The summed E-state index contributed by atoms with van der Waals surface area (Å²) in [5.41, 5.74) is 0.930. The minimum atomic E-state index is -0.0913. The van der Waals surface area contributed by atoms with Crippen molar-refractivity contribution in [2.45, 2.75) is 26.5 Å². The quantitative estimate of drug-likeness (QED) is 0.644. The first kappa shape index (κ1) is 12.8. The summed E-state index contributed by atoms with van der Waals surface area (Å²) in [7, 11) is 0. The van der Waals surface area contributed by atoms with Crippen molar-refractivity contribution < 1.29 is 14.9 Å². The molecule has 0 saturated heterocycles. The summed E-state index contributed by atoms with van der Waals surface area (Å²) in [5, 5.41) is 21.6. The van der Waals surface area contributed by atoms with Gasteiger partial charge in [-0.25, -0.2) is 0 Å². The second-order valence-electron chi connectivity index (χ2n) is 3.72. The topological polar surface area (TPSA) is 61.7 Å². The maximum absolute atomic E-state index is 9.29. The molecule has 0 fully saturated rings. The van der Waals surface area contributed by atoms with Gasteiger partial charge in [0.15, 0.2) is 11.5 Å². The summed E-state index contributed by atoms with van der Waals surface area (Å²) in [5.74, 6) is -0.177. The van der Waals surface area contributed by atoms with E-state index in [1.807, 2.05) is 13.8 Å². The zero-order chi connectivity index (χ0) is 12.0. The van der Waals surface area contributed by atoms with Crippen LogP contribution >= 0.6 is 0 Å². The summed E-state index contributed by atoms with van der Waals surface area (Å²) in [6, 6.07) is 4.80. The predicted octanol–water partition coefficient (Wildman–Crippen LogP) is 1.61. The van der Waals surface area contributed by atoms with E-state index < -0.39 is 0 Å². The molecule has 4 heteroatoms. The van der Waals surface area contributed by atoms with Crippen LogP contribution in [-0.4, -0.2) is 29.5 Å². The van der Waals surface area contributed by atoms with E-state index in [1.165, 1.54) is 6.07 Å². The number of hydrogen-bond donors (Lipinski definition) is 3. The number of phenols is 2. The Morgan fingerprint density at radius 3 is 2.69 bits per heavy atom. The number of ether oxygens (including phenoxy) is 1. The molecule has 4 nitrogen and oxygen atoms in total. The highest BCUT2D eigenvalue weighted by Gasteiger charge is 2.02. The van der Waals surface area contributed by atoms with Crippen LogP contribution in [0.5, 0.6) is 11.5 Å². The van der Waals surface area contributed by atoms with Gasteiger partial charge in [0, 0.05) is 19.7 Å².